The summed E-state index contributed by atoms with van der Waals surface area (Å²) in [6.07, 6.45) is 0. The van der Waals surface area contributed by atoms with Gasteiger partial charge in [0, 0.05) is 19.2 Å². The van der Waals surface area contributed by atoms with Gasteiger partial charge in [-0.15, -0.1) is 0 Å². The molecule has 4 nitrogen and oxygen atoms in total. The molecule has 0 radical (unpaired) electrons. The lowest BCUT2D eigenvalue weighted by atomic mass is 10.1. The Morgan fingerprint density at radius 3 is 2.71 bits per heavy atom. The molecule has 1 rings (SSSR count). The van der Waals surface area contributed by atoms with Crippen molar-refractivity contribution in [2.75, 3.05) is 19.5 Å². The fraction of sp³-hybridized carbons (Fsp3) is 0.455. The smallest absolute Gasteiger partial charge is 0.156 e. The van der Waals surface area contributed by atoms with E-state index in [1.165, 1.54) is 19.2 Å². The summed E-state index contributed by atoms with van der Waals surface area (Å²) in [4.78, 5) is 0. The number of hydrogen-bond acceptors (Lipinski definition) is 4. The fourth-order valence-corrected chi connectivity index (χ4v) is 2.65. The molecule has 0 saturated heterocycles. The van der Waals surface area contributed by atoms with Crippen LogP contribution in [0.15, 0.2) is 18.2 Å². The van der Waals surface area contributed by atoms with E-state index in [0.29, 0.717) is 5.56 Å². The summed E-state index contributed by atoms with van der Waals surface area (Å²) in [6, 6.07) is 4.27. The van der Waals surface area contributed by atoms with Gasteiger partial charge in [0.15, 0.2) is 9.84 Å². The lowest BCUT2D eigenvalue weighted by molar-refractivity contribution is 0.217. The minimum Gasteiger partial charge on any atom is -0.384 e. The third kappa shape index (κ3) is 4.41. The topological polar surface area (TPSA) is 69.4 Å². The van der Waals surface area contributed by atoms with E-state index in [-0.39, 0.29) is 30.2 Å². The standard InChI is InChI=1S/C11H16FNO3S/c1-16-4-5-17(14,15)8-10-6-9(7-13)2-3-11(10)12/h2-3,6H,4-5,7-8,13H2,1H3. The van der Waals surface area contributed by atoms with E-state index in [1.54, 1.807) is 6.07 Å². The van der Waals surface area contributed by atoms with Crippen molar-refractivity contribution in [3.8, 4) is 0 Å². The number of nitrogens with two attached hydrogens (primary N) is 1. The summed E-state index contributed by atoms with van der Waals surface area (Å²) in [6.45, 7) is 0.367. The maximum absolute atomic E-state index is 13.4. The molecular weight excluding hydrogens is 245 g/mol. The highest BCUT2D eigenvalue weighted by molar-refractivity contribution is 7.90. The van der Waals surface area contributed by atoms with Crippen molar-refractivity contribution in [3.05, 3.63) is 35.1 Å². The summed E-state index contributed by atoms with van der Waals surface area (Å²) in [7, 11) is -1.93. The van der Waals surface area contributed by atoms with Crippen molar-refractivity contribution in [1.29, 1.82) is 0 Å². The first kappa shape index (κ1) is 14.1. The molecule has 0 saturated carbocycles. The van der Waals surface area contributed by atoms with Gasteiger partial charge in [-0.3, -0.25) is 0 Å². The number of ether oxygens (including phenoxy) is 1. The van der Waals surface area contributed by atoms with E-state index in [9.17, 15) is 12.8 Å². The van der Waals surface area contributed by atoms with Crippen LogP contribution < -0.4 is 5.73 Å². The van der Waals surface area contributed by atoms with Crippen molar-refractivity contribution in [2.45, 2.75) is 12.3 Å². The normalized spacial score (nSPS) is 11.7. The number of methoxy groups -OCH3 is 1. The molecule has 96 valence electrons. The molecule has 2 N–H and O–H groups in total. The predicted octanol–water partition coefficient (Wildman–Crippen LogP) is 0.846. The van der Waals surface area contributed by atoms with Gasteiger partial charge in [-0.25, -0.2) is 12.8 Å². The maximum atomic E-state index is 13.4. The Kier molecular flexibility index (Phi) is 5.04. The van der Waals surface area contributed by atoms with Crippen LogP contribution in [0.3, 0.4) is 0 Å². The molecule has 0 unspecified atom stereocenters. The third-order valence-electron chi connectivity index (χ3n) is 2.32. The maximum Gasteiger partial charge on any atom is 0.156 e. The highest BCUT2D eigenvalue weighted by Crippen LogP contribution is 2.14. The lowest BCUT2D eigenvalue weighted by Crippen LogP contribution is -2.14. The van der Waals surface area contributed by atoms with Crippen LogP contribution in [0.2, 0.25) is 0 Å². The number of rotatable bonds is 6. The molecule has 0 spiro atoms. The van der Waals surface area contributed by atoms with E-state index in [4.69, 9.17) is 10.5 Å². The molecule has 0 bridgehead atoms. The van der Waals surface area contributed by atoms with Gasteiger partial charge in [0.1, 0.15) is 5.82 Å². The van der Waals surface area contributed by atoms with Crippen LogP contribution in [-0.4, -0.2) is 27.9 Å². The monoisotopic (exact) mass is 261 g/mol. The summed E-state index contributed by atoms with van der Waals surface area (Å²) in [5.74, 6) is -0.963. The van der Waals surface area contributed by atoms with Crippen LogP contribution in [0, 0.1) is 5.82 Å². The third-order valence-corrected chi connectivity index (χ3v) is 3.86. The van der Waals surface area contributed by atoms with Crippen molar-refractivity contribution in [1.82, 2.24) is 0 Å². The second-order valence-electron chi connectivity index (χ2n) is 3.71. The molecule has 6 heteroatoms. The second kappa shape index (κ2) is 6.09. The lowest BCUT2D eigenvalue weighted by Gasteiger charge is -2.07. The largest absolute Gasteiger partial charge is 0.384 e. The van der Waals surface area contributed by atoms with Gasteiger partial charge in [-0.1, -0.05) is 12.1 Å². The summed E-state index contributed by atoms with van der Waals surface area (Å²) < 4.78 is 41.4. The average molecular weight is 261 g/mol. The Bertz CT molecular complexity index is 474. The molecular formula is C11H16FNO3S. The Morgan fingerprint density at radius 2 is 2.12 bits per heavy atom. The molecule has 0 aliphatic carbocycles. The highest BCUT2D eigenvalue weighted by Gasteiger charge is 2.15. The first-order valence-electron chi connectivity index (χ1n) is 5.15. The fourth-order valence-electron chi connectivity index (χ4n) is 1.39. The van der Waals surface area contributed by atoms with Gasteiger partial charge in [0.25, 0.3) is 0 Å². The van der Waals surface area contributed by atoms with Crippen molar-refractivity contribution >= 4 is 9.84 Å². The van der Waals surface area contributed by atoms with E-state index < -0.39 is 15.7 Å². The van der Waals surface area contributed by atoms with E-state index in [1.807, 2.05) is 0 Å². The van der Waals surface area contributed by atoms with Gasteiger partial charge in [-0.2, -0.15) is 0 Å². The van der Waals surface area contributed by atoms with E-state index >= 15 is 0 Å². The van der Waals surface area contributed by atoms with Crippen LogP contribution in [0.5, 0.6) is 0 Å². The number of sulfone groups is 1. The summed E-state index contributed by atoms with van der Waals surface area (Å²) >= 11 is 0. The van der Waals surface area contributed by atoms with Gasteiger partial charge in [0.05, 0.1) is 18.1 Å². The van der Waals surface area contributed by atoms with Crippen LogP contribution in [0.4, 0.5) is 4.39 Å². The summed E-state index contributed by atoms with van der Waals surface area (Å²) in [5, 5.41) is 0. The van der Waals surface area contributed by atoms with Gasteiger partial charge in [-0.05, 0) is 11.6 Å². The molecule has 0 aromatic heterocycles. The van der Waals surface area contributed by atoms with E-state index in [0.717, 1.165) is 0 Å². The number of benzene rings is 1. The van der Waals surface area contributed by atoms with Gasteiger partial charge >= 0.3 is 0 Å². The average Bonchev–Trinajstić information content (AvgIpc) is 2.29. The van der Waals surface area contributed by atoms with E-state index in [2.05, 4.69) is 0 Å². The molecule has 0 amide bonds. The second-order valence-corrected chi connectivity index (χ2v) is 5.90. The van der Waals surface area contributed by atoms with Gasteiger partial charge in [0.2, 0.25) is 0 Å². The molecule has 17 heavy (non-hydrogen) atoms. The SMILES string of the molecule is COCCS(=O)(=O)Cc1cc(CN)ccc1F. The highest BCUT2D eigenvalue weighted by atomic mass is 32.2. The quantitative estimate of drug-likeness (QED) is 0.824. The van der Waals surface area contributed by atoms with Crippen LogP contribution >= 0.6 is 0 Å². The Balaban J connectivity index is 2.87. The Hall–Kier alpha value is -0.980. The number of halogens is 1. The molecule has 1 aromatic carbocycles. The Morgan fingerprint density at radius 1 is 1.41 bits per heavy atom. The zero-order valence-electron chi connectivity index (χ0n) is 9.65. The molecule has 0 aliphatic heterocycles. The molecule has 1 aromatic rings. The minimum atomic E-state index is -3.35. The van der Waals surface area contributed by atoms with Crippen LogP contribution in [0.1, 0.15) is 11.1 Å². The van der Waals surface area contributed by atoms with Crippen LogP contribution in [-0.2, 0) is 26.9 Å². The molecule has 0 heterocycles. The predicted molar refractivity (Wildman–Crippen MR) is 63.7 cm³/mol. The Labute approximate surface area is 101 Å². The molecule has 0 fully saturated rings. The molecule has 0 aliphatic rings. The zero-order chi connectivity index (χ0) is 12.9. The first-order chi connectivity index (χ1) is 7.98. The first-order valence-corrected chi connectivity index (χ1v) is 6.97. The van der Waals surface area contributed by atoms with Crippen LogP contribution in [0.25, 0.3) is 0 Å². The summed E-state index contributed by atoms with van der Waals surface area (Å²) in [5.41, 5.74) is 6.29. The van der Waals surface area contributed by atoms with Crippen molar-refractivity contribution < 1.29 is 17.5 Å². The van der Waals surface area contributed by atoms with Crippen molar-refractivity contribution in [2.24, 2.45) is 5.73 Å². The minimum absolute atomic E-state index is 0.112. The van der Waals surface area contributed by atoms with Crippen molar-refractivity contribution in [3.63, 3.8) is 0 Å². The zero-order valence-corrected chi connectivity index (χ0v) is 10.5. The molecule has 0 atom stereocenters. The van der Waals surface area contributed by atoms with Gasteiger partial charge < -0.3 is 10.5 Å². The number of hydrogen-bond donors (Lipinski definition) is 1.